The van der Waals surface area contributed by atoms with Crippen molar-refractivity contribution in [2.24, 2.45) is 0 Å². The summed E-state index contributed by atoms with van der Waals surface area (Å²) in [4.78, 5) is 14.7. The summed E-state index contributed by atoms with van der Waals surface area (Å²) in [6.45, 7) is 4.10. The monoisotopic (exact) mass is 339 g/mol. The van der Waals surface area contributed by atoms with Crippen molar-refractivity contribution in [2.45, 2.75) is 32.4 Å². The summed E-state index contributed by atoms with van der Waals surface area (Å²) < 4.78 is 17.2. The largest absolute Gasteiger partial charge is 0.289 e. The number of nitrogens with zero attached hydrogens (tertiary/aromatic N) is 5. The van der Waals surface area contributed by atoms with Crippen LogP contribution in [-0.4, -0.2) is 31.5 Å². The van der Waals surface area contributed by atoms with Crippen molar-refractivity contribution in [2.75, 3.05) is 4.90 Å². The molecule has 0 radical (unpaired) electrons. The lowest BCUT2D eigenvalue weighted by atomic mass is 10.1. The summed E-state index contributed by atoms with van der Waals surface area (Å²) in [5, 5.41) is 8.59. The average molecular weight is 339 g/mol. The lowest BCUT2D eigenvalue weighted by Gasteiger charge is -2.36. The van der Waals surface area contributed by atoms with Crippen LogP contribution in [0.1, 0.15) is 36.8 Å². The van der Waals surface area contributed by atoms with Gasteiger partial charge in [0.05, 0.1) is 12.2 Å². The van der Waals surface area contributed by atoms with Gasteiger partial charge in [-0.15, -0.1) is 0 Å². The fourth-order valence-corrected chi connectivity index (χ4v) is 3.40. The van der Waals surface area contributed by atoms with Gasteiger partial charge in [0.1, 0.15) is 17.3 Å². The Kier molecular flexibility index (Phi) is 3.63. The van der Waals surface area contributed by atoms with E-state index in [0.717, 1.165) is 12.2 Å². The number of rotatable bonds is 2. The first-order valence-corrected chi connectivity index (χ1v) is 8.24. The molecule has 1 aliphatic rings. The van der Waals surface area contributed by atoms with Crippen LogP contribution in [0.5, 0.6) is 0 Å². The molecule has 0 aliphatic carbocycles. The SMILES string of the molecule is CC1CC(C)n2nccc2N1C(=O)c1ccn(-c2ccccc2F)n1. The maximum Gasteiger partial charge on any atom is 0.280 e. The normalized spacial score (nSPS) is 19.7. The number of hydrogen-bond acceptors (Lipinski definition) is 3. The van der Waals surface area contributed by atoms with Gasteiger partial charge in [-0.3, -0.25) is 9.69 Å². The highest BCUT2D eigenvalue weighted by Gasteiger charge is 2.33. The quantitative estimate of drug-likeness (QED) is 0.720. The Hall–Kier alpha value is -2.96. The molecule has 2 unspecified atom stereocenters. The van der Waals surface area contributed by atoms with E-state index in [0.29, 0.717) is 5.69 Å². The van der Waals surface area contributed by atoms with Crippen molar-refractivity contribution in [3.05, 3.63) is 60.3 Å². The number of benzene rings is 1. The number of carbonyl (C=O) groups is 1. The molecule has 4 rings (SSSR count). The molecular formula is C18H18FN5O. The van der Waals surface area contributed by atoms with Gasteiger partial charge in [-0.2, -0.15) is 10.2 Å². The van der Waals surface area contributed by atoms with Crippen LogP contribution < -0.4 is 4.90 Å². The molecule has 3 aromatic rings. The van der Waals surface area contributed by atoms with Gasteiger partial charge >= 0.3 is 0 Å². The molecule has 25 heavy (non-hydrogen) atoms. The molecule has 0 saturated heterocycles. The average Bonchev–Trinajstić information content (AvgIpc) is 3.24. The molecule has 1 aliphatic heterocycles. The molecule has 0 spiro atoms. The van der Waals surface area contributed by atoms with Gasteiger partial charge in [0, 0.05) is 18.3 Å². The number of halogens is 1. The smallest absolute Gasteiger partial charge is 0.280 e. The molecule has 1 amide bonds. The Morgan fingerprint density at radius 3 is 2.76 bits per heavy atom. The van der Waals surface area contributed by atoms with Crippen LogP contribution >= 0.6 is 0 Å². The molecule has 0 N–H and O–H groups in total. The second-order valence-corrected chi connectivity index (χ2v) is 6.34. The molecule has 128 valence electrons. The van der Waals surface area contributed by atoms with E-state index >= 15 is 0 Å². The number of carbonyl (C=O) groups excluding carboxylic acids is 1. The Bertz CT molecular complexity index is 931. The summed E-state index contributed by atoms with van der Waals surface area (Å²) in [5.41, 5.74) is 0.587. The summed E-state index contributed by atoms with van der Waals surface area (Å²) in [7, 11) is 0. The predicted octanol–water partition coefficient (Wildman–Crippen LogP) is 3.21. The number of aromatic nitrogens is 4. The third-order valence-electron chi connectivity index (χ3n) is 4.56. The minimum Gasteiger partial charge on any atom is -0.289 e. The Morgan fingerprint density at radius 2 is 1.96 bits per heavy atom. The summed E-state index contributed by atoms with van der Waals surface area (Å²) in [6.07, 6.45) is 4.11. The van der Waals surface area contributed by atoms with Crippen molar-refractivity contribution >= 4 is 11.7 Å². The second kappa shape index (κ2) is 5.84. The standard InChI is InChI=1S/C18H18FN5O/c1-12-11-13(2)24-17(7-9-20-24)23(12)18(25)15-8-10-22(21-15)16-6-4-3-5-14(16)19/h3-10,12-13H,11H2,1-2H3. The molecule has 2 atom stereocenters. The molecule has 0 fully saturated rings. The zero-order valence-electron chi connectivity index (χ0n) is 14.0. The second-order valence-electron chi connectivity index (χ2n) is 6.34. The first-order chi connectivity index (χ1) is 12.1. The van der Waals surface area contributed by atoms with Crippen LogP contribution in [0.3, 0.4) is 0 Å². The van der Waals surface area contributed by atoms with E-state index in [9.17, 15) is 9.18 Å². The third kappa shape index (κ3) is 2.52. The van der Waals surface area contributed by atoms with Gasteiger partial charge < -0.3 is 0 Å². The van der Waals surface area contributed by atoms with Crippen LogP contribution in [0.2, 0.25) is 0 Å². The third-order valence-corrected chi connectivity index (χ3v) is 4.56. The molecule has 6 nitrogen and oxygen atoms in total. The summed E-state index contributed by atoms with van der Waals surface area (Å²) in [5.74, 6) is 0.163. The highest BCUT2D eigenvalue weighted by Crippen LogP contribution is 2.32. The zero-order chi connectivity index (χ0) is 17.6. The van der Waals surface area contributed by atoms with Crippen LogP contribution in [0.25, 0.3) is 5.69 Å². The van der Waals surface area contributed by atoms with E-state index in [4.69, 9.17) is 0 Å². The molecule has 2 aromatic heterocycles. The van der Waals surface area contributed by atoms with Gasteiger partial charge in [0.15, 0.2) is 5.69 Å². The van der Waals surface area contributed by atoms with E-state index in [1.807, 2.05) is 17.7 Å². The minimum atomic E-state index is -0.386. The summed E-state index contributed by atoms with van der Waals surface area (Å²) in [6, 6.07) is 10.0. The highest BCUT2D eigenvalue weighted by atomic mass is 19.1. The lowest BCUT2D eigenvalue weighted by molar-refractivity contribution is 0.0961. The number of anilines is 1. The molecule has 3 heterocycles. The van der Waals surface area contributed by atoms with Crippen LogP contribution in [0, 0.1) is 5.82 Å². The van der Waals surface area contributed by atoms with E-state index in [1.54, 1.807) is 41.6 Å². The number of hydrogen-bond donors (Lipinski definition) is 0. The Balaban J connectivity index is 1.69. The van der Waals surface area contributed by atoms with Crippen molar-refractivity contribution in [3.8, 4) is 5.69 Å². The van der Waals surface area contributed by atoms with E-state index in [2.05, 4.69) is 17.1 Å². The molecule has 7 heteroatoms. The topological polar surface area (TPSA) is 56.0 Å². The van der Waals surface area contributed by atoms with Gasteiger partial charge in [-0.05, 0) is 38.5 Å². The molecule has 1 aromatic carbocycles. The summed E-state index contributed by atoms with van der Waals surface area (Å²) >= 11 is 0. The first kappa shape index (κ1) is 15.6. The van der Waals surface area contributed by atoms with Crippen molar-refractivity contribution < 1.29 is 9.18 Å². The fourth-order valence-electron chi connectivity index (χ4n) is 3.40. The fraction of sp³-hybridized carbons (Fsp3) is 0.278. The van der Waals surface area contributed by atoms with Crippen molar-refractivity contribution in [3.63, 3.8) is 0 Å². The van der Waals surface area contributed by atoms with E-state index in [1.165, 1.54) is 10.7 Å². The van der Waals surface area contributed by atoms with Crippen LogP contribution in [0.4, 0.5) is 10.2 Å². The van der Waals surface area contributed by atoms with Gasteiger partial charge in [0.2, 0.25) is 0 Å². The number of para-hydroxylation sites is 1. The van der Waals surface area contributed by atoms with Crippen molar-refractivity contribution in [1.29, 1.82) is 0 Å². The maximum atomic E-state index is 13.9. The number of amides is 1. The molecular weight excluding hydrogens is 321 g/mol. The van der Waals surface area contributed by atoms with Gasteiger partial charge in [-0.25, -0.2) is 13.8 Å². The maximum absolute atomic E-state index is 13.9. The van der Waals surface area contributed by atoms with E-state index < -0.39 is 0 Å². The number of fused-ring (bicyclic) bond motifs is 1. The van der Waals surface area contributed by atoms with Crippen LogP contribution in [0.15, 0.2) is 48.8 Å². The van der Waals surface area contributed by atoms with Gasteiger partial charge in [-0.1, -0.05) is 12.1 Å². The Labute approximate surface area is 144 Å². The van der Waals surface area contributed by atoms with Gasteiger partial charge in [0.25, 0.3) is 5.91 Å². The van der Waals surface area contributed by atoms with Crippen LogP contribution in [-0.2, 0) is 0 Å². The van der Waals surface area contributed by atoms with E-state index in [-0.39, 0.29) is 29.5 Å². The zero-order valence-corrected chi connectivity index (χ0v) is 14.0. The Morgan fingerprint density at radius 1 is 1.16 bits per heavy atom. The predicted molar refractivity (Wildman–Crippen MR) is 91.3 cm³/mol. The van der Waals surface area contributed by atoms with Crippen molar-refractivity contribution in [1.82, 2.24) is 19.6 Å². The minimum absolute atomic E-state index is 0.0327. The molecule has 0 bridgehead atoms. The lowest BCUT2D eigenvalue weighted by Crippen LogP contribution is -2.45. The molecule has 0 saturated carbocycles. The first-order valence-electron chi connectivity index (χ1n) is 8.24. The highest BCUT2D eigenvalue weighted by molar-refractivity contribution is 6.04.